The fraction of sp³-hybridized carbons (Fsp3) is 0.100. The standard InChI is InChI=1S/C10H6F2N4/c11-10(12)16-8(5-13)4-9(15-16)7-2-1-3-14-6-7/h1-4,6,10H. The van der Waals surface area contributed by atoms with Crippen molar-refractivity contribution in [3.63, 3.8) is 0 Å². The molecule has 0 radical (unpaired) electrons. The molecule has 0 fully saturated rings. The van der Waals surface area contributed by atoms with E-state index in [9.17, 15) is 8.78 Å². The number of hydrogen-bond acceptors (Lipinski definition) is 3. The third-order valence-electron chi connectivity index (χ3n) is 1.99. The van der Waals surface area contributed by atoms with Crippen molar-refractivity contribution in [2.75, 3.05) is 0 Å². The van der Waals surface area contributed by atoms with E-state index in [4.69, 9.17) is 5.26 Å². The third kappa shape index (κ3) is 1.75. The highest BCUT2D eigenvalue weighted by Gasteiger charge is 2.15. The molecule has 2 aromatic rings. The largest absolute Gasteiger partial charge is 0.334 e. The highest BCUT2D eigenvalue weighted by Crippen LogP contribution is 2.21. The topological polar surface area (TPSA) is 54.5 Å². The Hall–Kier alpha value is -2.29. The minimum absolute atomic E-state index is 0.172. The minimum atomic E-state index is -2.82. The third-order valence-corrected chi connectivity index (χ3v) is 1.99. The Morgan fingerprint density at radius 1 is 1.44 bits per heavy atom. The van der Waals surface area contributed by atoms with Gasteiger partial charge in [0.15, 0.2) is 0 Å². The van der Waals surface area contributed by atoms with Gasteiger partial charge in [0.05, 0.1) is 5.69 Å². The van der Waals surface area contributed by atoms with Crippen LogP contribution in [0.25, 0.3) is 11.3 Å². The molecule has 0 aliphatic rings. The molecule has 2 aromatic heterocycles. The number of aromatic nitrogens is 3. The van der Waals surface area contributed by atoms with Crippen molar-refractivity contribution in [3.8, 4) is 17.3 Å². The Kier molecular flexibility index (Phi) is 2.60. The van der Waals surface area contributed by atoms with Gasteiger partial charge in [-0.2, -0.15) is 23.8 Å². The van der Waals surface area contributed by atoms with Gasteiger partial charge in [-0.1, -0.05) is 0 Å². The molecule has 0 aromatic carbocycles. The predicted molar refractivity (Wildman–Crippen MR) is 51.4 cm³/mol. The van der Waals surface area contributed by atoms with Crippen molar-refractivity contribution >= 4 is 0 Å². The molecule has 0 saturated carbocycles. The molecule has 0 amide bonds. The van der Waals surface area contributed by atoms with E-state index >= 15 is 0 Å². The summed E-state index contributed by atoms with van der Waals surface area (Å²) < 4.78 is 25.3. The summed E-state index contributed by atoms with van der Waals surface area (Å²) in [7, 11) is 0. The molecule has 0 aliphatic carbocycles. The molecule has 0 spiro atoms. The van der Waals surface area contributed by atoms with Crippen LogP contribution in [0.5, 0.6) is 0 Å². The van der Waals surface area contributed by atoms with Gasteiger partial charge >= 0.3 is 6.55 Å². The minimum Gasteiger partial charge on any atom is -0.264 e. The molecular formula is C10H6F2N4. The number of rotatable bonds is 2. The normalized spacial score (nSPS) is 10.4. The van der Waals surface area contributed by atoms with E-state index in [1.54, 1.807) is 24.4 Å². The maximum Gasteiger partial charge on any atom is 0.334 e. The van der Waals surface area contributed by atoms with Crippen molar-refractivity contribution in [3.05, 3.63) is 36.3 Å². The summed E-state index contributed by atoms with van der Waals surface area (Å²) in [5.74, 6) is 0. The van der Waals surface area contributed by atoms with Crippen molar-refractivity contribution in [1.29, 1.82) is 5.26 Å². The van der Waals surface area contributed by atoms with Gasteiger partial charge in [-0.05, 0) is 12.1 Å². The summed E-state index contributed by atoms with van der Waals surface area (Å²) in [6.45, 7) is -2.82. The molecule has 0 N–H and O–H groups in total. The van der Waals surface area contributed by atoms with E-state index in [0.29, 0.717) is 15.9 Å². The van der Waals surface area contributed by atoms with Gasteiger partial charge in [0.1, 0.15) is 11.8 Å². The fourth-order valence-corrected chi connectivity index (χ4v) is 1.28. The molecule has 4 nitrogen and oxygen atoms in total. The van der Waals surface area contributed by atoms with E-state index in [-0.39, 0.29) is 5.69 Å². The molecule has 2 heterocycles. The average molecular weight is 220 g/mol. The average Bonchev–Trinajstić information content (AvgIpc) is 2.74. The van der Waals surface area contributed by atoms with Crippen LogP contribution < -0.4 is 0 Å². The van der Waals surface area contributed by atoms with Crippen molar-refractivity contribution in [2.24, 2.45) is 0 Å². The van der Waals surface area contributed by atoms with Gasteiger partial charge in [-0.3, -0.25) is 4.98 Å². The zero-order chi connectivity index (χ0) is 11.5. The molecule has 0 aliphatic heterocycles. The van der Waals surface area contributed by atoms with E-state index in [2.05, 4.69) is 10.1 Å². The van der Waals surface area contributed by atoms with Crippen molar-refractivity contribution in [1.82, 2.24) is 14.8 Å². The van der Waals surface area contributed by atoms with Gasteiger partial charge < -0.3 is 0 Å². The van der Waals surface area contributed by atoms with Crippen LogP contribution in [0.1, 0.15) is 12.2 Å². The quantitative estimate of drug-likeness (QED) is 0.779. The summed E-state index contributed by atoms with van der Waals surface area (Å²) >= 11 is 0. The van der Waals surface area contributed by atoms with Gasteiger partial charge in [0, 0.05) is 24.0 Å². The zero-order valence-corrected chi connectivity index (χ0v) is 8.01. The van der Waals surface area contributed by atoms with Gasteiger partial charge in [-0.25, -0.2) is 0 Å². The Bertz CT molecular complexity index is 527. The van der Waals surface area contributed by atoms with E-state index in [1.807, 2.05) is 0 Å². The number of pyridine rings is 1. The number of hydrogen-bond donors (Lipinski definition) is 0. The first-order chi connectivity index (χ1) is 7.72. The maximum absolute atomic E-state index is 12.5. The Balaban J connectivity index is 2.49. The molecule has 80 valence electrons. The first kappa shape index (κ1) is 10.2. The van der Waals surface area contributed by atoms with Gasteiger partial charge in [0.2, 0.25) is 0 Å². The molecular weight excluding hydrogens is 214 g/mol. The lowest BCUT2D eigenvalue weighted by Gasteiger charge is -1.98. The fourth-order valence-electron chi connectivity index (χ4n) is 1.28. The molecule has 0 bridgehead atoms. The first-order valence-corrected chi connectivity index (χ1v) is 4.40. The Morgan fingerprint density at radius 3 is 2.75 bits per heavy atom. The van der Waals surface area contributed by atoms with Crippen LogP contribution in [-0.4, -0.2) is 14.8 Å². The molecule has 0 unspecified atom stereocenters. The summed E-state index contributed by atoms with van der Waals surface area (Å²) in [5.41, 5.74) is 0.734. The highest BCUT2D eigenvalue weighted by atomic mass is 19.3. The highest BCUT2D eigenvalue weighted by molar-refractivity contribution is 5.58. The van der Waals surface area contributed by atoms with Crippen molar-refractivity contribution < 1.29 is 8.78 Å². The first-order valence-electron chi connectivity index (χ1n) is 4.40. The summed E-state index contributed by atoms with van der Waals surface area (Å²) in [5, 5.41) is 12.3. The smallest absolute Gasteiger partial charge is 0.264 e. The molecule has 0 saturated heterocycles. The Morgan fingerprint density at radius 2 is 2.25 bits per heavy atom. The van der Waals surface area contributed by atoms with Crippen LogP contribution in [-0.2, 0) is 0 Å². The SMILES string of the molecule is N#Cc1cc(-c2cccnc2)nn1C(F)F. The Labute approximate surface area is 89.8 Å². The molecule has 2 rings (SSSR count). The summed E-state index contributed by atoms with van der Waals surface area (Å²) in [6.07, 6.45) is 3.07. The second-order valence-electron chi connectivity index (χ2n) is 2.99. The monoisotopic (exact) mass is 220 g/mol. The van der Waals surface area contributed by atoms with Crippen molar-refractivity contribution in [2.45, 2.75) is 6.55 Å². The lowest BCUT2D eigenvalue weighted by atomic mass is 10.2. The number of nitrogens with zero attached hydrogens (tertiary/aromatic N) is 4. The number of halogens is 2. The van der Waals surface area contributed by atoms with Crippen LogP contribution in [0, 0.1) is 11.3 Å². The zero-order valence-electron chi connectivity index (χ0n) is 8.01. The van der Waals surface area contributed by atoms with Crippen LogP contribution >= 0.6 is 0 Å². The molecule has 0 atom stereocenters. The van der Waals surface area contributed by atoms with E-state index < -0.39 is 6.55 Å². The van der Waals surface area contributed by atoms with Crippen LogP contribution in [0.15, 0.2) is 30.6 Å². The summed E-state index contributed by atoms with van der Waals surface area (Å²) in [6, 6.07) is 6.33. The second-order valence-corrected chi connectivity index (χ2v) is 2.99. The van der Waals surface area contributed by atoms with E-state index in [0.717, 1.165) is 0 Å². The van der Waals surface area contributed by atoms with Crippen LogP contribution in [0.4, 0.5) is 8.78 Å². The molecule has 6 heteroatoms. The molecule has 16 heavy (non-hydrogen) atoms. The van der Waals surface area contributed by atoms with Gasteiger partial charge in [-0.15, -0.1) is 0 Å². The number of alkyl halides is 2. The van der Waals surface area contributed by atoms with E-state index in [1.165, 1.54) is 12.3 Å². The number of nitriles is 1. The lowest BCUT2D eigenvalue weighted by Crippen LogP contribution is -2.02. The van der Waals surface area contributed by atoms with Crippen LogP contribution in [0.2, 0.25) is 0 Å². The summed E-state index contributed by atoms with van der Waals surface area (Å²) in [4.78, 5) is 3.85. The maximum atomic E-state index is 12.5. The predicted octanol–water partition coefficient (Wildman–Crippen LogP) is 2.21. The van der Waals surface area contributed by atoms with Crippen LogP contribution in [0.3, 0.4) is 0 Å². The second kappa shape index (κ2) is 4.06. The lowest BCUT2D eigenvalue weighted by molar-refractivity contribution is 0.0559. The van der Waals surface area contributed by atoms with Gasteiger partial charge in [0.25, 0.3) is 0 Å².